The number of amides is 1. The number of carbonyl (C=O) groups excluding carboxylic acids is 1. The van der Waals surface area contributed by atoms with Gasteiger partial charge in [0.25, 0.3) is 0 Å². The molecule has 1 saturated carbocycles. The zero-order valence-electron chi connectivity index (χ0n) is 8.66. The lowest BCUT2D eigenvalue weighted by molar-refractivity contribution is 0.111. The van der Waals surface area contributed by atoms with E-state index in [0.29, 0.717) is 5.92 Å². The quantitative estimate of drug-likeness (QED) is 0.723. The summed E-state index contributed by atoms with van der Waals surface area (Å²) < 4.78 is 4.74. The van der Waals surface area contributed by atoms with Gasteiger partial charge in [-0.3, -0.25) is 0 Å². The molecule has 4 heteroatoms. The predicted octanol–water partition coefficient (Wildman–Crippen LogP) is 1.28. The molecule has 0 aliphatic heterocycles. The Labute approximate surface area is 84.6 Å². The summed E-state index contributed by atoms with van der Waals surface area (Å²) in [6.45, 7) is 2.11. The van der Waals surface area contributed by atoms with Gasteiger partial charge in [0, 0.05) is 6.04 Å². The third-order valence-corrected chi connectivity index (χ3v) is 2.74. The van der Waals surface area contributed by atoms with Gasteiger partial charge in [-0.25, -0.2) is 4.79 Å². The number of rotatable bonds is 3. The summed E-state index contributed by atoms with van der Waals surface area (Å²) in [6.07, 6.45) is 4.23. The van der Waals surface area contributed by atoms with E-state index in [1.807, 2.05) is 0 Å². The fourth-order valence-electron chi connectivity index (χ4n) is 1.86. The summed E-state index contributed by atoms with van der Waals surface area (Å²) in [7, 11) is 0. The average Bonchev–Trinajstić information content (AvgIpc) is 2.18. The smallest absolute Gasteiger partial charge is 0.407 e. The highest BCUT2D eigenvalue weighted by Crippen LogP contribution is 2.23. The van der Waals surface area contributed by atoms with Gasteiger partial charge in [0.15, 0.2) is 0 Å². The minimum absolute atomic E-state index is 0.0763. The second kappa shape index (κ2) is 5.86. The molecule has 14 heavy (non-hydrogen) atoms. The first-order valence-corrected chi connectivity index (χ1v) is 5.28. The van der Waals surface area contributed by atoms with Gasteiger partial charge < -0.3 is 15.2 Å². The first kappa shape index (κ1) is 11.3. The highest BCUT2D eigenvalue weighted by Gasteiger charge is 2.22. The number of carbonyl (C=O) groups is 1. The van der Waals surface area contributed by atoms with Crippen molar-refractivity contribution in [3.05, 3.63) is 0 Å². The fraction of sp³-hybridized carbons (Fsp3) is 0.900. The maximum Gasteiger partial charge on any atom is 0.407 e. The van der Waals surface area contributed by atoms with Crippen molar-refractivity contribution in [1.29, 1.82) is 0 Å². The Balaban J connectivity index is 2.23. The van der Waals surface area contributed by atoms with Gasteiger partial charge in [-0.15, -0.1) is 0 Å². The van der Waals surface area contributed by atoms with Gasteiger partial charge in [-0.05, 0) is 18.8 Å². The summed E-state index contributed by atoms with van der Waals surface area (Å²) in [5, 5.41) is 11.3. The van der Waals surface area contributed by atoms with Crippen molar-refractivity contribution >= 4 is 6.09 Å². The average molecular weight is 201 g/mol. The van der Waals surface area contributed by atoms with E-state index in [9.17, 15) is 4.79 Å². The number of alkyl carbamates (subject to hydrolysis) is 1. The maximum atomic E-state index is 11.2. The molecule has 0 radical (unpaired) electrons. The van der Waals surface area contributed by atoms with Gasteiger partial charge in [-0.2, -0.15) is 0 Å². The van der Waals surface area contributed by atoms with E-state index >= 15 is 0 Å². The van der Waals surface area contributed by atoms with Crippen LogP contribution in [0.2, 0.25) is 0 Å². The summed E-state index contributed by atoms with van der Waals surface area (Å²) in [5.74, 6) is 0.533. The molecule has 2 atom stereocenters. The lowest BCUT2D eigenvalue weighted by Crippen LogP contribution is -2.41. The summed E-state index contributed by atoms with van der Waals surface area (Å²) in [6, 6.07) is 0.245. The van der Waals surface area contributed by atoms with Crippen LogP contribution in [-0.2, 0) is 4.74 Å². The van der Waals surface area contributed by atoms with Crippen molar-refractivity contribution in [1.82, 2.24) is 5.32 Å². The van der Waals surface area contributed by atoms with E-state index in [4.69, 9.17) is 9.84 Å². The van der Waals surface area contributed by atoms with Crippen molar-refractivity contribution in [2.75, 3.05) is 13.2 Å². The fourth-order valence-corrected chi connectivity index (χ4v) is 1.86. The minimum atomic E-state index is -0.405. The Hall–Kier alpha value is -0.770. The molecular formula is C10H19NO3. The summed E-state index contributed by atoms with van der Waals surface area (Å²) in [5.41, 5.74) is 0. The Morgan fingerprint density at radius 2 is 2.21 bits per heavy atom. The molecule has 0 aromatic carbocycles. The molecule has 0 saturated heterocycles. The lowest BCUT2D eigenvalue weighted by atomic mass is 9.86. The second-order valence-electron chi connectivity index (χ2n) is 3.87. The van der Waals surface area contributed by atoms with E-state index < -0.39 is 6.09 Å². The SMILES string of the molecule is C[C@H]1CCCC[C@@H]1NC(=O)OCCO. The molecule has 0 heterocycles. The third-order valence-electron chi connectivity index (χ3n) is 2.74. The van der Waals surface area contributed by atoms with E-state index in [1.165, 1.54) is 19.3 Å². The highest BCUT2D eigenvalue weighted by molar-refractivity contribution is 5.67. The van der Waals surface area contributed by atoms with Gasteiger partial charge in [-0.1, -0.05) is 19.8 Å². The van der Waals surface area contributed by atoms with E-state index in [0.717, 1.165) is 6.42 Å². The van der Waals surface area contributed by atoms with Crippen molar-refractivity contribution in [2.24, 2.45) is 5.92 Å². The molecule has 1 aliphatic carbocycles. The number of aliphatic hydroxyl groups is 1. The molecule has 82 valence electrons. The second-order valence-corrected chi connectivity index (χ2v) is 3.87. The Morgan fingerprint density at radius 1 is 1.50 bits per heavy atom. The van der Waals surface area contributed by atoms with Gasteiger partial charge in [0.2, 0.25) is 0 Å². The number of nitrogens with one attached hydrogen (secondary N) is 1. The van der Waals surface area contributed by atoms with E-state index in [1.54, 1.807) is 0 Å². The van der Waals surface area contributed by atoms with Crippen molar-refractivity contribution < 1.29 is 14.6 Å². The standard InChI is InChI=1S/C10H19NO3/c1-8-4-2-3-5-9(8)11-10(13)14-7-6-12/h8-9,12H,2-7H2,1H3,(H,11,13)/t8-,9-/m0/s1. The van der Waals surface area contributed by atoms with Crippen LogP contribution in [0.3, 0.4) is 0 Å². The van der Waals surface area contributed by atoms with Crippen LogP contribution in [0, 0.1) is 5.92 Å². The van der Waals surface area contributed by atoms with Crippen LogP contribution in [0.4, 0.5) is 4.79 Å². The third kappa shape index (κ3) is 3.54. The van der Waals surface area contributed by atoms with Crippen LogP contribution >= 0.6 is 0 Å². The van der Waals surface area contributed by atoms with Gasteiger partial charge in [0.1, 0.15) is 6.61 Å². The minimum Gasteiger partial charge on any atom is -0.447 e. The van der Waals surface area contributed by atoms with Crippen LogP contribution in [0.1, 0.15) is 32.6 Å². The monoisotopic (exact) mass is 201 g/mol. The van der Waals surface area contributed by atoms with Crippen molar-refractivity contribution in [2.45, 2.75) is 38.6 Å². The Bertz CT molecular complexity index is 184. The number of hydrogen-bond donors (Lipinski definition) is 2. The van der Waals surface area contributed by atoms with Crippen molar-refractivity contribution in [3.8, 4) is 0 Å². The zero-order valence-corrected chi connectivity index (χ0v) is 8.66. The van der Waals surface area contributed by atoms with Crippen molar-refractivity contribution in [3.63, 3.8) is 0 Å². The molecule has 0 unspecified atom stereocenters. The largest absolute Gasteiger partial charge is 0.447 e. The van der Waals surface area contributed by atoms with Crippen LogP contribution in [-0.4, -0.2) is 30.5 Å². The molecule has 4 nitrogen and oxygen atoms in total. The normalized spacial score (nSPS) is 27.0. The number of aliphatic hydroxyl groups excluding tert-OH is 1. The van der Waals surface area contributed by atoms with Crippen LogP contribution in [0.15, 0.2) is 0 Å². The summed E-state index contributed by atoms with van der Waals surface area (Å²) >= 11 is 0. The summed E-state index contributed by atoms with van der Waals surface area (Å²) in [4.78, 5) is 11.2. The van der Waals surface area contributed by atoms with E-state index in [-0.39, 0.29) is 19.3 Å². The Kier molecular flexibility index (Phi) is 4.73. The van der Waals surface area contributed by atoms with Gasteiger partial charge in [0.05, 0.1) is 6.61 Å². The molecule has 1 rings (SSSR count). The molecule has 1 amide bonds. The predicted molar refractivity (Wildman–Crippen MR) is 53.0 cm³/mol. The first-order chi connectivity index (χ1) is 6.74. The molecule has 2 N–H and O–H groups in total. The highest BCUT2D eigenvalue weighted by atomic mass is 16.6. The zero-order chi connectivity index (χ0) is 10.4. The van der Waals surface area contributed by atoms with Gasteiger partial charge >= 0.3 is 6.09 Å². The lowest BCUT2D eigenvalue weighted by Gasteiger charge is -2.28. The van der Waals surface area contributed by atoms with Crippen LogP contribution in [0.25, 0.3) is 0 Å². The molecule has 1 fully saturated rings. The topological polar surface area (TPSA) is 58.6 Å². The molecule has 1 aliphatic rings. The maximum absolute atomic E-state index is 11.2. The molecular weight excluding hydrogens is 182 g/mol. The Morgan fingerprint density at radius 3 is 2.86 bits per heavy atom. The molecule has 0 aromatic rings. The van der Waals surface area contributed by atoms with E-state index in [2.05, 4.69) is 12.2 Å². The molecule has 0 aromatic heterocycles. The van der Waals surface area contributed by atoms with Crippen LogP contribution < -0.4 is 5.32 Å². The van der Waals surface area contributed by atoms with Crippen LogP contribution in [0.5, 0.6) is 0 Å². The molecule has 0 spiro atoms. The number of hydrogen-bond acceptors (Lipinski definition) is 3. The number of ether oxygens (including phenoxy) is 1. The molecule has 0 bridgehead atoms. The first-order valence-electron chi connectivity index (χ1n) is 5.28.